The number of hydrogen-bond donors (Lipinski definition) is 0. The van der Waals surface area contributed by atoms with Gasteiger partial charge >= 0.3 is 0 Å². The number of benzene rings is 12. The van der Waals surface area contributed by atoms with Gasteiger partial charge in [-0.15, -0.1) is 0 Å². The highest BCUT2D eigenvalue weighted by atomic mass is 16.3. The SMILES string of the molecule is C=C/C(=C(C)\C=C/C)c1ccc(-c2c3ccccc3c(-c3ccc4oc5cc(-c6c7ccccc7c(-c7ccc(-c8cccc9ccccc89)cc7)c7ccccc67)ccc5c4c3)c3ccccc23)cc1. The summed E-state index contributed by atoms with van der Waals surface area (Å²) < 4.78 is 6.80. The maximum atomic E-state index is 6.80. The van der Waals surface area contributed by atoms with Gasteiger partial charge in [0.2, 0.25) is 0 Å². The third-order valence-electron chi connectivity index (χ3n) is 14.7. The molecule has 0 fully saturated rings. The fraction of sp³-hybridized carbons (Fsp3) is 0.0286. The number of rotatable bonds is 8. The minimum atomic E-state index is 0.875. The Morgan fingerprint density at radius 2 is 0.789 bits per heavy atom. The number of hydrogen-bond acceptors (Lipinski definition) is 1. The molecule has 13 aromatic rings. The van der Waals surface area contributed by atoms with Gasteiger partial charge in [-0.25, -0.2) is 0 Å². The highest BCUT2D eigenvalue weighted by Crippen LogP contribution is 2.48. The maximum absolute atomic E-state index is 6.80. The van der Waals surface area contributed by atoms with Crippen LogP contribution >= 0.6 is 0 Å². The Balaban J connectivity index is 0.924. The third kappa shape index (κ3) is 6.92. The fourth-order valence-corrected chi connectivity index (χ4v) is 11.5. The molecular weight excluding hydrogens is 857 g/mol. The number of furan rings is 1. The number of allylic oxidation sites excluding steroid dienone is 5. The van der Waals surface area contributed by atoms with Crippen LogP contribution in [-0.2, 0) is 0 Å². The normalized spacial score (nSPS) is 12.3. The molecule has 0 radical (unpaired) electrons. The van der Waals surface area contributed by atoms with Crippen LogP contribution < -0.4 is 0 Å². The van der Waals surface area contributed by atoms with E-state index >= 15 is 0 Å². The van der Waals surface area contributed by atoms with E-state index in [9.17, 15) is 0 Å². The molecule has 0 saturated carbocycles. The van der Waals surface area contributed by atoms with Crippen LogP contribution in [0, 0.1) is 0 Å². The van der Waals surface area contributed by atoms with Gasteiger partial charge in [0.1, 0.15) is 11.2 Å². The first-order valence-corrected chi connectivity index (χ1v) is 24.6. The second kappa shape index (κ2) is 17.2. The van der Waals surface area contributed by atoms with Crippen molar-refractivity contribution >= 4 is 81.4 Å². The van der Waals surface area contributed by atoms with E-state index in [4.69, 9.17) is 4.42 Å². The van der Waals surface area contributed by atoms with Gasteiger partial charge in [-0.3, -0.25) is 0 Å². The molecule has 0 atom stereocenters. The Kier molecular flexibility index (Phi) is 10.2. The first-order valence-electron chi connectivity index (χ1n) is 24.6. The Labute approximate surface area is 413 Å². The summed E-state index contributed by atoms with van der Waals surface area (Å²) in [7, 11) is 0. The summed E-state index contributed by atoms with van der Waals surface area (Å²) in [6.07, 6.45) is 6.18. The first kappa shape index (κ1) is 42.1. The molecule has 0 amide bonds. The summed E-state index contributed by atoms with van der Waals surface area (Å²) in [5.41, 5.74) is 17.3. The molecule has 13 rings (SSSR count). The molecular formula is C70H48O. The molecule has 0 unspecified atom stereocenters. The zero-order valence-electron chi connectivity index (χ0n) is 39.7. The highest BCUT2D eigenvalue weighted by molar-refractivity contribution is 6.24. The summed E-state index contributed by atoms with van der Waals surface area (Å²) in [5, 5.41) is 14.5. The molecule has 0 aliphatic rings. The summed E-state index contributed by atoms with van der Waals surface area (Å²) >= 11 is 0. The first-order chi connectivity index (χ1) is 35.1. The highest BCUT2D eigenvalue weighted by Gasteiger charge is 2.21. The minimum absolute atomic E-state index is 0.875. The van der Waals surface area contributed by atoms with Crippen molar-refractivity contribution in [2.75, 3.05) is 0 Å². The van der Waals surface area contributed by atoms with Gasteiger partial charge < -0.3 is 4.42 Å². The maximum Gasteiger partial charge on any atom is 0.136 e. The largest absolute Gasteiger partial charge is 0.456 e. The Hall–Kier alpha value is -9.04. The fourth-order valence-electron chi connectivity index (χ4n) is 11.5. The topological polar surface area (TPSA) is 13.1 Å². The van der Waals surface area contributed by atoms with Crippen molar-refractivity contribution in [3.05, 3.63) is 260 Å². The molecule has 0 aliphatic carbocycles. The third-order valence-corrected chi connectivity index (χ3v) is 14.7. The van der Waals surface area contributed by atoms with E-state index in [1.54, 1.807) is 0 Å². The molecule has 12 aromatic carbocycles. The quantitative estimate of drug-likeness (QED) is 0.109. The van der Waals surface area contributed by atoms with E-state index in [1.165, 1.54) is 104 Å². The average molecular weight is 905 g/mol. The number of fused-ring (bicyclic) bond motifs is 8. The molecule has 1 nitrogen and oxygen atoms in total. The summed E-state index contributed by atoms with van der Waals surface area (Å²) in [6, 6.07) is 82.4. The lowest BCUT2D eigenvalue weighted by Gasteiger charge is -2.18. The van der Waals surface area contributed by atoms with Crippen molar-refractivity contribution in [1.29, 1.82) is 0 Å². The van der Waals surface area contributed by atoms with E-state index < -0.39 is 0 Å². The van der Waals surface area contributed by atoms with Crippen LogP contribution in [0.2, 0.25) is 0 Å². The Bertz CT molecular complexity index is 4230. The zero-order valence-corrected chi connectivity index (χ0v) is 39.7. The molecule has 0 saturated heterocycles. The van der Waals surface area contributed by atoms with Crippen molar-refractivity contribution in [3.8, 4) is 55.6 Å². The second-order valence-corrected chi connectivity index (χ2v) is 18.7. The van der Waals surface area contributed by atoms with E-state index in [0.717, 1.165) is 44.2 Å². The van der Waals surface area contributed by atoms with Gasteiger partial charge in [-0.05, 0) is 164 Å². The smallest absolute Gasteiger partial charge is 0.136 e. The van der Waals surface area contributed by atoms with Crippen molar-refractivity contribution < 1.29 is 4.42 Å². The summed E-state index contributed by atoms with van der Waals surface area (Å²) in [5.74, 6) is 0. The predicted octanol–water partition coefficient (Wildman–Crippen LogP) is 20.2. The Morgan fingerprint density at radius 1 is 0.366 bits per heavy atom. The Morgan fingerprint density at radius 3 is 1.31 bits per heavy atom. The summed E-state index contributed by atoms with van der Waals surface area (Å²) in [4.78, 5) is 0. The molecule has 0 aliphatic heterocycles. The van der Waals surface area contributed by atoms with Crippen molar-refractivity contribution in [2.24, 2.45) is 0 Å². The molecule has 0 N–H and O–H groups in total. The van der Waals surface area contributed by atoms with Crippen molar-refractivity contribution in [2.45, 2.75) is 13.8 Å². The van der Waals surface area contributed by atoms with Crippen LogP contribution in [-0.4, -0.2) is 0 Å². The van der Waals surface area contributed by atoms with Crippen LogP contribution in [0.15, 0.2) is 259 Å². The molecule has 71 heavy (non-hydrogen) atoms. The lowest BCUT2D eigenvalue weighted by molar-refractivity contribution is 0.669. The van der Waals surface area contributed by atoms with Crippen molar-refractivity contribution in [3.63, 3.8) is 0 Å². The molecule has 334 valence electrons. The molecule has 0 bridgehead atoms. The zero-order chi connectivity index (χ0) is 47.6. The van der Waals surface area contributed by atoms with Gasteiger partial charge in [0.25, 0.3) is 0 Å². The van der Waals surface area contributed by atoms with Gasteiger partial charge in [-0.1, -0.05) is 225 Å². The van der Waals surface area contributed by atoms with Crippen LogP contribution in [0.1, 0.15) is 19.4 Å². The standard InChI is InChI=1S/C70H48O/c1-4-17-44(3)52(5-2)46-30-34-48(35-31-46)67-56-21-8-12-25-60(56)69(61-26-13-9-22-57(61)67)50-39-41-65-64(42-50)55-40-38-51(43-66(55)71-65)70-62-27-14-10-23-58(62)68(59-24-11-15-28-63(59)70)49-36-32-47(33-37-49)54-29-16-19-45-18-6-7-20-53(45)54/h4-43H,2H2,1,3H3/b17-4-,52-44+. The van der Waals surface area contributed by atoms with Gasteiger partial charge in [0.05, 0.1) is 0 Å². The lowest BCUT2D eigenvalue weighted by atomic mass is 9.85. The minimum Gasteiger partial charge on any atom is -0.456 e. The van der Waals surface area contributed by atoms with E-state index in [1.807, 2.05) is 6.08 Å². The van der Waals surface area contributed by atoms with E-state index in [2.05, 4.69) is 257 Å². The van der Waals surface area contributed by atoms with Crippen LogP contribution in [0.25, 0.3) is 137 Å². The molecule has 1 heteroatoms. The van der Waals surface area contributed by atoms with E-state index in [-0.39, 0.29) is 0 Å². The van der Waals surface area contributed by atoms with Crippen LogP contribution in [0.5, 0.6) is 0 Å². The van der Waals surface area contributed by atoms with E-state index in [0.29, 0.717) is 0 Å². The second-order valence-electron chi connectivity index (χ2n) is 18.7. The molecule has 0 spiro atoms. The predicted molar refractivity (Wildman–Crippen MR) is 306 cm³/mol. The van der Waals surface area contributed by atoms with Gasteiger partial charge in [-0.2, -0.15) is 0 Å². The summed E-state index contributed by atoms with van der Waals surface area (Å²) in [6.45, 7) is 8.33. The lowest BCUT2D eigenvalue weighted by Crippen LogP contribution is -1.91. The average Bonchev–Trinajstić information content (AvgIpc) is 3.79. The van der Waals surface area contributed by atoms with Crippen LogP contribution in [0.3, 0.4) is 0 Å². The van der Waals surface area contributed by atoms with Crippen molar-refractivity contribution in [1.82, 2.24) is 0 Å². The molecule has 1 aromatic heterocycles. The van der Waals surface area contributed by atoms with Crippen LogP contribution in [0.4, 0.5) is 0 Å². The monoisotopic (exact) mass is 904 g/mol. The van der Waals surface area contributed by atoms with Gasteiger partial charge in [0, 0.05) is 10.8 Å². The van der Waals surface area contributed by atoms with Gasteiger partial charge in [0.15, 0.2) is 0 Å². The molecule has 1 heterocycles.